The van der Waals surface area contributed by atoms with Crippen LogP contribution in [0.4, 0.5) is 5.69 Å². The third kappa shape index (κ3) is 3.29. The second kappa shape index (κ2) is 7.31. The van der Waals surface area contributed by atoms with Crippen LogP contribution in [-0.2, 0) is 11.3 Å². The lowest BCUT2D eigenvalue weighted by Crippen LogP contribution is -2.37. The van der Waals surface area contributed by atoms with Crippen molar-refractivity contribution in [3.8, 4) is 0 Å². The molecule has 1 aliphatic rings. The van der Waals surface area contributed by atoms with Crippen molar-refractivity contribution in [2.75, 3.05) is 5.32 Å². The van der Waals surface area contributed by atoms with Gasteiger partial charge in [0.1, 0.15) is 6.04 Å². The highest BCUT2D eigenvalue weighted by Crippen LogP contribution is 2.32. The van der Waals surface area contributed by atoms with Crippen LogP contribution in [0.3, 0.4) is 0 Å². The van der Waals surface area contributed by atoms with Crippen molar-refractivity contribution in [3.05, 3.63) is 101 Å². The minimum atomic E-state index is -0.693. The van der Waals surface area contributed by atoms with E-state index >= 15 is 0 Å². The summed E-state index contributed by atoms with van der Waals surface area (Å²) in [6, 6.07) is 22.2. The fraction of sp³-hybridized carbons (Fsp3) is 0.167. The molecule has 2 amide bonds. The maximum atomic E-state index is 13.3. The molecule has 3 aromatic carbocycles. The largest absolute Gasteiger partial charge is 0.324 e. The van der Waals surface area contributed by atoms with Gasteiger partial charge < -0.3 is 10.2 Å². The van der Waals surface area contributed by atoms with Crippen molar-refractivity contribution < 1.29 is 9.59 Å². The maximum Gasteiger partial charge on any atom is 0.255 e. The number of benzene rings is 3. The van der Waals surface area contributed by atoms with Gasteiger partial charge in [-0.3, -0.25) is 9.59 Å². The van der Waals surface area contributed by atoms with E-state index in [1.54, 1.807) is 4.90 Å². The molecule has 28 heavy (non-hydrogen) atoms. The minimum absolute atomic E-state index is 0.111. The second-order valence-electron chi connectivity index (χ2n) is 7.21. The van der Waals surface area contributed by atoms with E-state index < -0.39 is 6.04 Å². The van der Waals surface area contributed by atoms with E-state index in [2.05, 4.69) is 5.32 Å². The predicted molar refractivity (Wildman–Crippen MR) is 110 cm³/mol. The number of hydrogen-bond acceptors (Lipinski definition) is 2. The third-order valence-electron chi connectivity index (χ3n) is 5.16. The molecule has 0 aliphatic carbocycles. The minimum Gasteiger partial charge on any atom is -0.324 e. The molecule has 4 heteroatoms. The first-order chi connectivity index (χ1) is 13.5. The van der Waals surface area contributed by atoms with Crippen molar-refractivity contribution in [1.82, 2.24) is 4.90 Å². The molecule has 4 nitrogen and oxygen atoms in total. The first-order valence-electron chi connectivity index (χ1n) is 9.36. The molecular weight excluding hydrogens is 348 g/mol. The summed E-state index contributed by atoms with van der Waals surface area (Å²) in [5.74, 6) is -0.320. The van der Waals surface area contributed by atoms with Crippen LogP contribution in [0.2, 0.25) is 0 Å². The molecule has 0 saturated heterocycles. The molecule has 1 atom stereocenters. The van der Waals surface area contributed by atoms with Crippen LogP contribution < -0.4 is 5.32 Å². The van der Waals surface area contributed by atoms with Crippen LogP contribution in [0.15, 0.2) is 72.8 Å². The van der Waals surface area contributed by atoms with E-state index in [1.807, 2.05) is 86.6 Å². The molecule has 0 aromatic heterocycles. The SMILES string of the molecule is Cc1ccc(NC(=O)[C@@H](c2ccccc2)N2Cc3ccccc3C2=O)c(C)c1. The van der Waals surface area contributed by atoms with Crippen molar-refractivity contribution >= 4 is 17.5 Å². The highest BCUT2D eigenvalue weighted by molar-refractivity contribution is 6.04. The number of fused-ring (bicyclic) bond motifs is 1. The van der Waals surface area contributed by atoms with E-state index in [-0.39, 0.29) is 11.8 Å². The zero-order chi connectivity index (χ0) is 19.7. The molecule has 140 valence electrons. The van der Waals surface area contributed by atoms with Gasteiger partial charge in [-0.2, -0.15) is 0 Å². The highest BCUT2D eigenvalue weighted by atomic mass is 16.2. The first-order valence-corrected chi connectivity index (χ1v) is 9.36. The molecule has 3 aromatic rings. The van der Waals surface area contributed by atoms with Crippen molar-refractivity contribution in [1.29, 1.82) is 0 Å². The molecule has 0 unspecified atom stereocenters. The Morgan fingerprint density at radius 2 is 1.68 bits per heavy atom. The summed E-state index contributed by atoms with van der Waals surface area (Å²) in [5, 5.41) is 3.03. The van der Waals surface area contributed by atoms with Gasteiger partial charge in [0.15, 0.2) is 0 Å². The lowest BCUT2D eigenvalue weighted by Gasteiger charge is -2.27. The average molecular weight is 370 g/mol. The van der Waals surface area contributed by atoms with Crippen LogP contribution in [0, 0.1) is 13.8 Å². The van der Waals surface area contributed by atoms with Crippen molar-refractivity contribution in [2.24, 2.45) is 0 Å². The molecule has 0 spiro atoms. The number of anilines is 1. The number of carbonyl (C=O) groups excluding carboxylic acids is 2. The lowest BCUT2D eigenvalue weighted by molar-refractivity contribution is -0.120. The quantitative estimate of drug-likeness (QED) is 0.727. The van der Waals surface area contributed by atoms with Gasteiger partial charge in [0, 0.05) is 17.8 Å². The Hall–Kier alpha value is -3.40. The number of nitrogens with one attached hydrogen (secondary N) is 1. The monoisotopic (exact) mass is 370 g/mol. The molecule has 0 bridgehead atoms. The van der Waals surface area contributed by atoms with Crippen molar-refractivity contribution in [2.45, 2.75) is 26.4 Å². The molecule has 1 N–H and O–H groups in total. The molecule has 4 rings (SSSR count). The number of carbonyl (C=O) groups is 2. The summed E-state index contributed by atoms with van der Waals surface area (Å²) in [7, 11) is 0. The summed E-state index contributed by atoms with van der Waals surface area (Å²) < 4.78 is 0. The Labute approximate surface area is 164 Å². The topological polar surface area (TPSA) is 49.4 Å². The summed E-state index contributed by atoms with van der Waals surface area (Å²) >= 11 is 0. The van der Waals surface area contributed by atoms with E-state index in [0.717, 1.165) is 27.9 Å². The zero-order valence-corrected chi connectivity index (χ0v) is 16.0. The lowest BCUT2D eigenvalue weighted by atomic mass is 10.0. The zero-order valence-electron chi connectivity index (χ0n) is 16.0. The van der Waals surface area contributed by atoms with Crippen LogP contribution in [-0.4, -0.2) is 16.7 Å². The summed E-state index contributed by atoms with van der Waals surface area (Å²) in [5.41, 5.74) is 5.32. The number of rotatable bonds is 4. The number of aryl methyl sites for hydroxylation is 2. The van der Waals surface area contributed by atoms with E-state index in [1.165, 1.54) is 0 Å². The Morgan fingerprint density at radius 1 is 0.964 bits per heavy atom. The Morgan fingerprint density at radius 3 is 2.39 bits per heavy atom. The summed E-state index contributed by atoms with van der Waals surface area (Å²) in [6.45, 7) is 4.41. The Kier molecular flexibility index (Phi) is 4.70. The van der Waals surface area contributed by atoms with E-state index in [4.69, 9.17) is 0 Å². The predicted octanol–water partition coefficient (Wildman–Crippen LogP) is 4.64. The fourth-order valence-electron chi connectivity index (χ4n) is 3.75. The van der Waals surface area contributed by atoms with Crippen LogP contribution in [0.1, 0.15) is 38.7 Å². The second-order valence-corrected chi connectivity index (χ2v) is 7.21. The Balaban J connectivity index is 1.69. The maximum absolute atomic E-state index is 13.3. The van der Waals surface area contributed by atoms with Gasteiger partial charge in [0.25, 0.3) is 11.8 Å². The highest BCUT2D eigenvalue weighted by Gasteiger charge is 2.37. The normalized spacial score (nSPS) is 13.9. The Bertz CT molecular complexity index is 1040. The average Bonchev–Trinajstić information content (AvgIpc) is 3.02. The fourth-order valence-corrected chi connectivity index (χ4v) is 3.75. The van der Waals surface area contributed by atoms with Crippen LogP contribution in [0.25, 0.3) is 0 Å². The third-order valence-corrected chi connectivity index (χ3v) is 5.16. The molecule has 0 radical (unpaired) electrons. The van der Waals surface area contributed by atoms with E-state index in [9.17, 15) is 9.59 Å². The molecule has 0 fully saturated rings. The number of amides is 2. The van der Waals surface area contributed by atoms with Crippen molar-refractivity contribution in [3.63, 3.8) is 0 Å². The molecule has 1 heterocycles. The van der Waals surface area contributed by atoms with Gasteiger partial charge in [-0.1, -0.05) is 66.2 Å². The molecule has 1 aliphatic heterocycles. The summed E-state index contributed by atoms with van der Waals surface area (Å²) in [6.07, 6.45) is 0. The van der Waals surface area contributed by atoms with Gasteiger partial charge in [-0.15, -0.1) is 0 Å². The molecular formula is C24H22N2O2. The van der Waals surface area contributed by atoms with Gasteiger partial charge in [0.05, 0.1) is 0 Å². The summed E-state index contributed by atoms with van der Waals surface area (Å²) in [4.78, 5) is 28.0. The molecule has 0 saturated carbocycles. The van der Waals surface area contributed by atoms with E-state index in [0.29, 0.717) is 12.1 Å². The number of hydrogen-bond donors (Lipinski definition) is 1. The van der Waals surface area contributed by atoms with Gasteiger partial charge in [0.2, 0.25) is 0 Å². The van der Waals surface area contributed by atoms with Gasteiger partial charge in [-0.25, -0.2) is 0 Å². The van der Waals surface area contributed by atoms with Gasteiger partial charge >= 0.3 is 0 Å². The smallest absolute Gasteiger partial charge is 0.255 e. The first kappa shape index (κ1) is 18.0. The number of nitrogens with zero attached hydrogens (tertiary/aromatic N) is 1. The van der Waals surface area contributed by atoms with Crippen LogP contribution in [0.5, 0.6) is 0 Å². The van der Waals surface area contributed by atoms with Gasteiger partial charge in [-0.05, 0) is 42.7 Å². The van der Waals surface area contributed by atoms with Crippen LogP contribution >= 0.6 is 0 Å². The standard InChI is InChI=1S/C24H22N2O2/c1-16-12-13-21(17(2)14-16)25-23(27)22(18-8-4-3-5-9-18)26-15-19-10-6-7-11-20(19)24(26)28/h3-14,22H,15H2,1-2H3,(H,25,27)/t22-/m1/s1.